The normalized spacial score (nSPS) is 17.7. The summed E-state index contributed by atoms with van der Waals surface area (Å²) < 4.78 is 0. The first-order valence-electron chi connectivity index (χ1n) is 7.39. The van der Waals surface area contributed by atoms with Gasteiger partial charge in [-0.25, -0.2) is 0 Å². The molecule has 1 aliphatic rings. The Labute approximate surface area is 112 Å². The molecule has 1 saturated carbocycles. The molecule has 0 bridgehead atoms. The lowest BCUT2D eigenvalue weighted by Crippen LogP contribution is -2.39. The molecule has 1 atom stereocenters. The lowest BCUT2D eigenvalue weighted by Gasteiger charge is -2.26. The van der Waals surface area contributed by atoms with E-state index < -0.39 is 0 Å². The third-order valence-corrected chi connectivity index (χ3v) is 3.47. The van der Waals surface area contributed by atoms with Gasteiger partial charge in [-0.15, -0.1) is 0 Å². The minimum Gasteiger partial charge on any atom is -0.395 e. The monoisotopic (exact) mass is 257 g/mol. The Kier molecular flexibility index (Phi) is 7.82. The smallest absolute Gasteiger partial charge is 0.0585 e. The number of aliphatic hydroxyl groups excluding tert-OH is 1. The Balaban J connectivity index is 2.20. The van der Waals surface area contributed by atoms with E-state index in [4.69, 9.17) is 0 Å². The van der Waals surface area contributed by atoms with Crippen molar-refractivity contribution in [2.24, 2.45) is 0 Å². The number of hydrogen-bond donors (Lipinski definition) is 2. The zero-order valence-electron chi connectivity index (χ0n) is 12.4. The second kappa shape index (κ2) is 8.86. The molecule has 0 saturated heterocycles. The van der Waals surface area contributed by atoms with E-state index in [-0.39, 0.29) is 12.6 Å². The topological polar surface area (TPSA) is 38.7 Å². The van der Waals surface area contributed by atoms with E-state index in [1.165, 1.54) is 19.3 Å². The Morgan fingerprint density at radius 2 is 1.89 bits per heavy atom. The largest absolute Gasteiger partial charge is 0.395 e. The molecule has 0 spiro atoms. The van der Waals surface area contributed by atoms with Gasteiger partial charge in [0, 0.05) is 25.2 Å². The van der Waals surface area contributed by atoms with Crippen LogP contribution in [0.15, 0.2) is 0 Å². The summed E-state index contributed by atoms with van der Waals surface area (Å²) in [5, 5.41) is 12.9. The Morgan fingerprint density at radius 1 is 1.17 bits per heavy atom. The second-order valence-corrected chi connectivity index (χ2v) is 5.75. The molecule has 1 fully saturated rings. The van der Waals surface area contributed by atoms with Crippen molar-refractivity contribution in [2.75, 3.05) is 46.9 Å². The van der Waals surface area contributed by atoms with Crippen LogP contribution in [-0.2, 0) is 0 Å². The van der Waals surface area contributed by atoms with Crippen LogP contribution in [0.25, 0.3) is 0 Å². The first kappa shape index (κ1) is 15.9. The van der Waals surface area contributed by atoms with Crippen LogP contribution in [0.4, 0.5) is 0 Å². The van der Waals surface area contributed by atoms with E-state index in [0.717, 1.165) is 32.6 Å². The van der Waals surface area contributed by atoms with Crippen LogP contribution in [0.5, 0.6) is 0 Å². The van der Waals surface area contributed by atoms with Crippen molar-refractivity contribution in [3.05, 3.63) is 0 Å². The fraction of sp³-hybridized carbons (Fsp3) is 1.00. The van der Waals surface area contributed by atoms with E-state index >= 15 is 0 Å². The molecule has 0 aromatic carbocycles. The van der Waals surface area contributed by atoms with E-state index in [0.29, 0.717) is 6.04 Å². The SMILES string of the molecule is CCCN(CCC(CO)NC1CC1)CCN(C)C. The molecule has 0 aliphatic heterocycles. The molecule has 4 heteroatoms. The van der Waals surface area contributed by atoms with Gasteiger partial charge in [-0.05, 0) is 52.9 Å². The van der Waals surface area contributed by atoms with Crippen LogP contribution < -0.4 is 5.32 Å². The van der Waals surface area contributed by atoms with Crippen LogP contribution in [0.3, 0.4) is 0 Å². The summed E-state index contributed by atoms with van der Waals surface area (Å²) in [4.78, 5) is 4.74. The lowest BCUT2D eigenvalue weighted by atomic mass is 10.2. The van der Waals surface area contributed by atoms with Gasteiger partial charge >= 0.3 is 0 Å². The first-order chi connectivity index (χ1) is 8.65. The number of rotatable bonds is 11. The minimum absolute atomic E-state index is 0.268. The molecule has 0 radical (unpaired) electrons. The van der Waals surface area contributed by atoms with Gasteiger partial charge in [-0.1, -0.05) is 6.92 Å². The molecule has 1 aliphatic carbocycles. The summed E-state index contributed by atoms with van der Waals surface area (Å²) in [5.74, 6) is 0. The molecule has 18 heavy (non-hydrogen) atoms. The predicted octanol–water partition coefficient (Wildman–Crippen LogP) is 0.763. The quantitative estimate of drug-likeness (QED) is 0.573. The van der Waals surface area contributed by atoms with Crippen molar-refractivity contribution >= 4 is 0 Å². The van der Waals surface area contributed by atoms with Gasteiger partial charge in [0.05, 0.1) is 6.61 Å². The maximum atomic E-state index is 9.37. The number of hydrogen-bond acceptors (Lipinski definition) is 4. The van der Waals surface area contributed by atoms with Gasteiger partial charge in [-0.3, -0.25) is 0 Å². The number of likely N-dealkylation sites (N-methyl/N-ethyl adjacent to an activating group) is 1. The van der Waals surface area contributed by atoms with Crippen molar-refractivity contribution < 1.29 is 5.11 Å². The summed E-state index contributed by atoms with van der Waals surface area (Å²) in [6, 6.07) is 0.972. The molecular weight excluding hydrogens is 226 g/mol. The van der Waals surface area contributed by atoms with Crippen molar-refractivity contribution in [2.45, 2.75) is 44.7 Å². The minimum atomic E-state index is 0.268. The van der Waals surface area contributed by atoms with Crippen LogP contribution in [0, 0.1) is 0 Å². The molecule has 0 aromatic rings. The average Bonchev–Trinajstić information content (AvgIpc) is 3.14. The Bertz CT molecular complexity index is 207. The molecule has 0 aromatic heterocycles. The summed E-state index contributed by atoms with van der Waals surface area (Å²) >= 11 is 0. The van der Waals surface area contributed by atoms with Crippen molar-refractivity contribution in [1.29, 1.82) is 0 Å². The number of aliphatic hydroxyl groups is 1. The van der Waals surface area contributed by atoms with Crippen LogP contribution in [-0.4, -0.2) is 73.9 Å². The van der Waals surface area contributed by atoms with Crippen LogP contribution >= 0.6 is 0 Å². The van der Waals surface area contributed by atoms with Crippen molar-refractivity contribution in [1.82, 2.24) is 15.1 Å². The maximum Gasteiger partial charge on any atom is 0.0585 e. The highest BCUT2D eigenvalue weighted by atomic mass is 16.3. The van der Waals surface area contributed by atoms with Gasteiger partial charge < -0.3 is 20.2 Å². The molecule has 108 valence electrons. The first-order valence-corrected chi connectivity index (χ1v) is 7.39. The van der Waals surface area contributed by atoms with Gasteiger partial charge in [0.15, 0.2) is 0 Å². The Morgan fingerprint density at radius 3 is 2.39 bits per heavy atom. The molecule has 1 rings (SSSR count). The highest BCUT2D eigenvalue weighted by Gasteiger charge is 2.24. The molecule has 0 heterocycles. The summed E-state index contributed by atoms with van der Waals surface area (Å²) in [7, 11) is 4.24. The van der Waals surface area contributed by atoms with E-state index in [2.05, 4.69) is 36.1 Å². The second-order valence-electron chi connectivity index (χ2n) is 5.75. The lowest BCUT2D eigenvalue weighted by molar-refractivity contribution is 0.195. The highest BCUT2D eigenvalue weighted by molar-refractivity contribution is 4.85. The number of nitrogens with zero attached hydrogens (tertiary/aromatic N) is 2. The fourth-order valence-electron chi connectivity index (χ4n) is 2.14. The highest BCUT2D eigenvalue weighted by Crippen LogP contribution is 2.19. The molecular formula is C14H31N3O. The van der Waals surface area contributed by atoms with E-state index in [1.807, 2.05) is 0 Å². The molecule has 4 nitrogen and oxygen atoms in total. The molecule has 1 unspecified atom stereocenters. The Hall–Kier alpha value is -0.160. The number of nitrogens with one attached hydrogen (secondary N) is 1. The van der Waals surface area contributed by atoms with Crippen LogP contribution in [0.1, 0.15) is 32.6 Å². The summed E-state index contributed by atoms with van der Waals surface area (Å²) in [5.41, 5.74) is 0. The third-order valence-electron chi connectivity index (χ3n) is 3.47. The van der Waals surface area contributed by atoms with Crippen LogP contribution in [0.2, 0.25) is 0 Å². The fourth-order valence-corrected chi connectivity index (χ4v) is 2.14. The van der Waals surface area contributed by atoms with Gasteiger partial charge in [0.2, 0.25) is 0 Å². The summed E-state index contributed by atoms with van der Waals surface area (Å²) in [6.45, 7) is 6.99. The predicted molar refractivity (Wildman–Crippen MR) is 76.9 cm³/mol. The van der Waals surface area contributed by atoms with Gasteiger partial charge in [0.1, 0.15) is 0 Å². The van der Waals surface area contributed by atoms with Crippen molar-refractivity contribution in [3.63, 3.8) is 0 Å². The summed E-state index contributed by atoms with van der Waals surface area (Å²) in [6.07, 6.45) is 4.83. The van der Waals surface area contributed by atoms with Crippen molar-refractivity contribution in [3.8, 4) is 0 Å². The van der Waals surface area contributed by atoms with Gasteiger partial charge in [0.25, 0.3) is 0 Å². The molecule has 2 N–H and O–H groups in total. The van der Waals surface area contributed by atoms with E-state index in [9.17, 15) is 5.11 Å². The third kappa shape index (κ3) is 7.31. The average molecular weight is 257 g/mol. The maximum absolute atomic E-state index is 9.37. The molecule has 0 amide bonds. The standard InChI is InChI=1S/C14H31N3O/c1-4-8-17(11-10-16(2)3)9-7-14(12-18)15-13-5-6-13/h13-15,18H,4-12H2,1-3H3. The zero-order chi connectivity index (χ0) is 13.4. The zero-order valence-corrected chi connectivity index (χ0v) is 12.4. The van der Waals surface area contributed by atoms with E-state index in [1.54, 1.807) is 0 Å². The van der Waals surface area contributed by atoms with Gasteiger partial charge in [-0.2, -0.15) is 0 Å².